The summed E-state index contributed by atoms with van der Waals surface area (Å²) in [6, 6.07) is 13.7. The topological polar surface area (TPSA) is 97.5 Å². The molecule has 0 aromatic heterocycles. The zero-order chi connectivity index (χ0) is 20.6. The van der Waals surface area contributed by atoms with Gasteiger partial charge in [0.1, 0.15) is 5.75 Å². The predicted octanol–water partition coefficient (Wildman–Crippen LogP) is 4.72. The summed E-state index contributed by atoms with van der Waals surface area (Å²) in [6.45, 7) is 0.686. The molecule has 0 spiro atoms. The fourth-order valence-corrected chi connectivity index (χ4v) is 3.62. The molecule has 3 rings (SSSR count). The Balaban J connectivity index is 1.42. The third kappa shape index (κ3) is 6.23. The first-order valence-electron chi connectivity index (χ1n) is 9.59. The molecule has 0 atom stereocenters. The van der Waals surface area contributed by atoms with E-state index in [9.17, 15) is 9.90 Å². The van der Waals surface area contributed by atoms with E-state index in [1.807, 2.05) is 0 Å². The summed E-state index contributed by atoms with van der Waals surface area (Å²) < 4.78 is 0. The van der Waals surface area contributed by atoms with Crippen molar-refractivity contribution in [2.24, 2.45) is 10.9 Å². The van der Waals surface area contributed by atoms with Crippen LogP contribution < -0.4 is 10.6 Å². The third-order valence-corrected chi connectivity index (χ3v) is 5.25. The maximum Gasteiger partial charge on any atom is 0.319 e. The van der Waals surface area contributed by atoms with Crippen LogP contribution in [-0.2, 0) is 0 Å². The number of hydrogen-bond acceptors (Lipinski definition) is 4. The highest BCUT2D eigenvalue weighted by Gasteiger charge is 2.22. The summed E-state index contributed by atoms with van der Waals surface area (Å²) in [4.78, 5) is 16.6. The van der Waals surface area contributed by atoms with Gasteiger partial charge in [-0.25, -0.2) is 4.79 Å². The molecule has 1 aliphatic rings. The largest absolute Gasteiger partial charge is 0.507 e. The molecule has 0 saturated heterocycles. The highest BCUT2D eigenvalue weighted by Crippen LogP contribution is 2.25. The number of carbonyl (C=O) groups is 1. The molecule has 0 heterocycles. The fraction of sp³-hybridized carbons (Fsp3) is 0.318. The number of rotatable bonds is 5. The van der Waals surface area contributed by atoms with Gasteiger partial charge < -0.3 is 15.7 Å². The SMILES string of the molecule is N#Cc1cccc(NC(=O)NC2CCC(CN=Cc3cc(Cl)ccc3O)CC2)c1. The van der Waals surface area contributed by atoms with Crippen LogP contribution in [0.4, 0.5) is 10.5 Å². The molecule has 3 N–H and O–H groups in total. The lowest BCUT2D eigenvalue weighted by Crippen LogP contribution is -2.40. The number of nitrogens with one attached hydrogen (secondary N) is 2. The monoisotopic (exact) mass is 410 g/mol. The summed E-state index contributed by atoms with van der Waals surface area (Å²) in [5.41, 5.74) is 1.73. The summed E-state index contributed by atoms with van der Waals surface area (Å²) in [7, 11) is 0. The molecular weight excluding hydrogens is 388 g/mol. The van der Waals surface area contributed by atoms with Crippen LogP contribution in [0.15, 0.2) is 47.5 Å². The lowest BCUT2D eigenvalue weighted by molar-refractivity contribution is 0.238. The second kappa shape index (κ2) is 9.94. The van der Waals surface area contributed by atoms with Crippen molar-refractivity contribution in [1.82, 2.24) is 5.32 Å². The number of carbonyl (C=O) groups excluding carboxylic acids is 1. The van der Waals surface area contributed by atoms with Crippen LogP contribution in [0.2, 0.25) is 5.02 Å². The molecule has 2 aromatic carbocycles. The Morgan fingerprint density at radius 3 is 2.79 bits per heavy atom. The van der Waals surface area contributed by atoms with Crippen LogP contribution in [0, 0.1) is 17.2 Å². The van der Waals surface area contributed by atoms with Crippen molar-refractivity contribution < 1.29 is 9.90 Å². The lowest BCUT2D eigenvalue weighted by atomic mass is 9.86. The molecule has 150 valence electrons. The molecule has 0 radical (unpaired) electrons. The Kier molecular flexibility index (Phi) is 7.09. The average Bonchev–Trinajstić information content (AvgIpc) is 2.72. The average molecular weight is 411 g/mol. The van der Waals surface area contributed by atoms with Gasteiger partial charge in [0.05, 0.1) is 11.6 Å². The Bertz CT molecular complexity index is 931. The molecule has 6 nitrogen and oxygen atoms in total. The zero-order valence-corrected chi connectivity index (χ0v) is 16.7. The van der Waals surface area contributed by atoms with E-state index in [1.54, 1.807) is 48.7 Å². The summed E-state index contributed by atoms with van der Waals surface area (Å²) in [5.74, 6) is 0.623. The molecule has 1 saturated carbocycles. The quantitative estimate of drug-likeness (QED) is 0.622. The molecule has 1 aliphatic carbocycles. The Hall–Kier alpha value is -3.04. The lowest BCUT2D eigenvalue weighted by Gasteiger charge is -2.28. The van der Waals surface area contributed by atoms with E-state index in [1.165, 1.54) is 0 Å². The molecule has 29 heavy (non-hydrogen) atoms. The van der Waals surface area contributed by atoms with Crippen molar-refractivity contribution in [1.29, 1.82) is 5.26 Å². The van der Waals surface area contributed by atoms with Gasteiger partial charge in [0, 0.05) is 35.1 Å². The summed E-state index contributed by atoms with van der Waals surface area (Å²) in [5, 5.41) is 25.1. The molecule has 7 heteroatoms. The fourth-order valence-electron chi connectivity index (χ4n) is 3.44. The molecule has 2 amide bonds. The highest BCUT2D eigenvalue weighted by molar-refractivity contribution is 6.30. The van der Waals surface area contributed by atoms with Crippen LogP contribution in [-0.4, -0.2) is 29.9 Å². The Labute approximate surface area is 175 Å². The minimum absolute atomic E-state index is 0.131. The van der Waals surface area contributed by atoms with E-state index >= 15 is 0 Å². The first kappa shape index (κ1) is 20.7. The van der Waals surface area contributed by atoms with Gasteiger partial charge in [0.2, 0.25) is 0 Å². The first-order valence-corrected chi connectivity index (χ1v) is 9.97. The van der Waals surface area contributed by atoms with Crippen LogP contribution >= 0.6 is 11.6 Å². The van der Waals surface area contributed by atoms with E-state index in [-0.39, 0.29) is 17.8 Å². The molecule has 2 aromatic rings. The summed E-state index contributed by atoms with van der Waals surface area (Å²) >= 11 is 5.94. The number of urea groups is 1. The van der Waals surface area contributed by atoms with E-state index in [0.29, 0.717) is 34.3 Å². The first-order chi connectivity index (χ1) is 14.0. The standard InChI is InChI=1S/C22H23ClN4O2/c23-18-6-9-21(28)17(11-18)14-25-13-15-4-7-19(8-5-15)26-22(29)27-20-3-1-2-16(10-20)12-24/h1-3,6,9-11,14-15,19,28H,4-5,7-8,13H2,(H2,26,27,29). The maximum atomic E-state index is 12.2. The number of nitrogens with zero attached hydrogens (tertiary/aromatic N) is 2. The van der Waals surface area contributed by atoms with Crippen molar-refractivity contribution in [3.63, 3.8) is 0 Å². The van der Waals surface area contributed by atoms with E-state index < -0.39 is 0 Å². The molecule has 0 bridgehead atoms. The van der Waals surface area contributed by atoms with Crippen molar-refractivity contribution in [2.45, 2.75) is 31.7 Å². The minimum Gasteiger partial charge on any atom is -0.507 e. The van der Waals surface area contributed by atoms with Crippen molar-refractivity contribution in [3.05, 3.63) is 58.6 Å². The van der Waals surface area contributed by atoms with Gasteiger partial charge in [0.25, 0.3) is 0 Å². The van der Waals surface area contributed by atoms with Gasteiger partial charge in [-0.15, -0.1) is 0 Å². The number of phenols is 1. The highest BCUT2D eigenvalue weighted by atomic mass is 35.5. The predicted molar refractivity (Wildman–Crippen MR) is 115 cm³/mol. The van der Waals surface area contributed by atoms with Gasteiger partial charge >= 0.3 is 6.03 Å². The van der Waals surface area contributed by atoms with Crippen LogP contribution in [0.3, 0.4) is 0 Å². The van der Waals surface area contributed by atoms with Crippen LogP contribution in [0.25, 0.3) is 0 Å². The number of phenolic OH excluding ortho intramolecular Hbond substituents is 1. The molecule has 1 fully saturated rings. The van der Waals surface area contributed by atoms with Crippen LogP contribution in [0.5, 0.6) is 5.75 Å². The second-order valence-electron chi connectivity index (χ2n) is 7.21. The van der Waals surface area contributed by atoms with Crippen LogP contribution in [0.1, 0.15) is 36.8 Å². The van der Waals surface area contributed by atoms with Crippen molar-refractivity contribution >= 4 is 29.5 Å². The number of nitriles is 1. The molecular formula is C22H23ClN4O2. The smallest absolute Gasteiger partial charge is 0.319 e. The van der Waals surface area contributed by atoms with Gasteiger partial charge in [-0.1, -0.05) is 17.7 Å². The normalized spacial score (nSPS) is 18.9. The maximum absolute atomic E-state index is 12.2. The molecule has 0 aliphatic heterocycles. The minimum atomic E-state index is -0.252. The summed E-state index contributed by atoms with van der Waals surface area (Å²) in [6.07, 6.45) is 5.42. The number of amides is 2. The number of halogens is 1. The Morgan fingerprint density at radius 1 is 1.24 bits per heavy atom. The number of aromatic hydroxyl groups is 1. The van der Waals surface area contributed by atoms with Gasteiger partial charge in [-0.05, 0) is 68.0 Å². The van der Waals surface area contributed by atoms with E-state index in [2.05, 4.69) is 21.7 Å². The van der Waals surface area contributed by atoms with Gasteiger partial charge in [-0.3, -0.25) is 4.99 Å². The van der Waals surface area contributed by atoms with Crippen molar-refractivity contribution in [2.75, 3.05) is 11.9 Å². The molecule has 0 unspecified atom stereocenters. The number of anilines is 1. The second-order valence-corrected chi connectivity index (χ2v) is 7.64. The van der Waals surface area contributed by atoms with Gasteiger partial charge in [0.15, 0.2) is 0 Å². The van der Waals surface area contributed by atoms with E-state index in [0.717, 1.165) is 25.7 Å². The number of hydrogen-bond donors (Lipinski definition) is 3. The third-order valence-electron chi connectivity index (χ3n) is 5.02. The Morgan fingerprint density at radius 2 is 2.03 bits per heavy atom. The number of aliphatic imine (C=N–C) groups is 1. The van der Waals surface area contributed by atoms with Gasteiger partial charge in [-0.2, -0.15) is 5.26 Å². The number of benzene rings is 2. The van der Waals surface area contributed by atoms with E-state index in [4.69, 9.17) is 16.9 Å². The zero-order valence-electron chi connectivity index (χ0n) is 15.9. The van der Waals surface area contributed by atoms with Crippen molar-refractivity contribution in [3.8, 4) is 11.8 Å².